The molecular weight excluding hydrogens is 226 g/mol. The van der Waals surface area contributed by atoms with Crippen molar-refractivity contribution >= 4 is 11.7 Å². The third-order valence-corrected chi connectivity index (χ3v) is 3.37. The first-order chi connectivity index (χ1) is 8.38. The summed E-state index contributed by atoms with van der Waals surface area (Å²) in [5.41, 5.74) is 2.97. The maximum absolute atomic E-state index is 11.0. The van der Waals surface area contributed by atoms with Crippen LogP contribution in [0.15, 0.2) is 18.2 Å². The zero-order valence-electron chi connectivity index (χ0n) is 11.7. The number of anilines is 1. The molecule has 1 rings (SSSR count). The van der Waals surface area contributed by atoms with E-state index < -0.39 is 11.4 Å². The van der Waals surface area contributed by atoms with Crippen molar-refractivity contribution in [3.05, 3.63) is 29.3 Å². The summed E-state index contributed by atoms with van der Waals surface area (Å²) < 4.78 is 0. The molecule has 0 spiro atoms. The average Bonchev–Trinajstić information content (AvgIpc) is 2.30. The molecule has 0 saturated carbocycles. The molecule has 0 aliphatic rings. The van der Waals surface area contributed by atoms with Gasteiger partial charge in [-0.2, -0.15) is 0 Å². The van der Waals surface area contributed by atoms with Gasteiger partial charge in [0.1, 0.15) is 0 Å². The molecule has 1 aromatic rings. The molecule has 0 amide bonds. The highest BCUT2D eigenvalue weighted by Crippen LogP contribution is 2.24. The molecule has 0 unspecified atom stereocenters. The Morgan fingerprint density at radius 1 is 1.39 bits per heavy atom. The Kier molecular flexibility index (Phi) is 4.76. The second-order valence-electron chi connectivity index (χ2n) is 5.33. The maximum atomic E-state index is 11.0. The Hall–Kier alpha value is -1.51. The van der Waals surface area contributed by atoms with Crippen LogP contribution in [0.4, 0.5) is 5.69 Å². The summed E-state index contributed by atoms with van der Waals surface area (Å²) in [7, 11) is 0. The molecule has 1 aromatic carbocycles. The average molecular weight is 249 g/mol. The lowest BCUT2D eigenvalue weighted by atomic mass is 9.89. The normalized spacial score (nSPS) is 11.3. The van der Waals surface area contributed by atoms with Crippen LogP contribution in [0.5, 0.6) is 0 Å². The van der Waals surface area contributed by atoms with Gasteiger partial charge in [0.2, 0.25) is 0 Å². The first-order valence-electron chi connectivity index (χ1n) is 6.44. The molecule has 0 aromatic heterocycles. The summed E-state index contributed by atoms with van der Waals surface area (Å²) in [5, 5.41) is 12.4. The van der Waals surface area contributed by atoms with Gasteiger partial charge in [-0.05, 0) is 44.7 Å². The highest BCUT2D eigenvalue weighted by molar-refractivity contribution is 5.73. The standard InChI is InChI=1S/C15H23NO2/c1-5-12-8-6-7-11(2)13(12)16-10-9-15(3,4)14(17)18/h6-8,16H,5,9-10H2,1-4H3,(H,17,18). The fourth-order valence-corrected chi connectivity index (χ4v) is 1.88. The van der Waals surface area contributed by atoms with Crippen LogP contribution in [0.25, 0.3) is 0 Å². The number of carboxylic acid groups (broad SMARTS) is 1. The molecular formula is C15H23NO2. The number of para-hydroxylation sites is 1. The van der Waals surface area contributed by atoms with Gasteiger partial charge in [0.05, 0.1) is 5.41 Å². The van der Waals surface area contributed by atoms with Crippen LogP contribution in [-0.4, -0.2) is 17.6 Å². The SMILES string of the molecule is CCc1cccc(C)c1NCCC(C)(C)C(=O)O. The molecule has 0 bridgehead atoms. The van der Waals surface area contributed by atoms with Crippen LogP contribution in [0.2, 0.25) is 0 Å². The molecule has 0 saturated heterocycles. The highest BCUT2D eigenvalue weighted by atomic mass is 16.4. The third-order valence-electron chi connectivity index (χ3n) is 3.37. The molecule has 3 nitrogen and oxygen atoms in total. The van der Waals surface area contributed by atoms with Gasteiger partial charge < -0.3 is 10.4 Å². The largest absolute Gasteiger partial charge is 0.481 e. The van der Waals surface area contributed by atoms with E-state index in [1.54, 1.807) is 13.8 Å². The van der Waals surface area contributed by atoms with Gasteiger partial charge in [0, 0.05) is 12.2 Å². The van der Waals surface area contributed by atoms with E-state index in [1.807, 2.05) is 0 Å². The van der Waals surface area contributed by atoms with Crippen molar-refractivity contribution in [1.29, 1.82) is 0 Å². The van der Waals surface area contributed by atoms with Crippen molar-refractivity contribution in [3.8, 4) is 0 Å². The molecule has 0 fully saturated rings. The molecule has 0 heterocycles. The predicted molar refractivity (Wildman–Crippen MR) is 75.1 cm³/mol. The molecule has 18 heavy (non-hydrogen) atoms. The number of rotatable bonds is 6. The topological polar surface area (TPSA) is 49.3 Å². The van der Waals surface area contributed by atoms with Crippen molar-refractivity contribution < 1.29 is 9.90 Å². The Balaban J connectivity index is 2.67. The van der Waals surface area contributed by atoms with Gasteiger partial charge in [-0.25, -0.2) is 0 Å². The molecule has 0 aliphatic carbocycles. The molecule has 3 heteroatoms. The Morgan fingerprint density at radius 2 is 2.06 bits per heavy atom. The zero-order chi connectivity index (χ0) is 13.8. The van der Waals surface area contributed by atoms with E-state index in [4.69, 9.17) is 5.11 Å². The van der Waals surface area contributed by atoms with Crippen LogP contribution >= 0.6 is 0 Å². The van der Waals surface area contributed by atoms with E-state index >= 15 is 0 Å². The first-order valence-corrected chi connectivity index (χ1v) is 6.44. The summed E-state index contributed by atoms with van der Waals surface area (Å²) in [4.78, 5) is 11.0. The first kappa shape index (κ1) is 14.6. The van der Waals surface area contributed by atoms with Gasteiger partial charge in [0.15, 0.2) is 0 Å². The number of benzene rings is 1. The molecule has 2 N–H and O–H groups in total. The lowest BCUT2D eigenvalue weighted by molar-refractivity contribution is -0.147. The van der Waals surface area contributed by atoms with Crippen LogP contribution in [0.3, 0.4) is 0 Å². The fourth-order valence-electron chi connectivity index (χ4n) is 1.88. The van der Waals surface area contributed by atoms with Gasteiger partial charge in [-0.3, -0.25) is 4.79 Å². The fraction of sp³-hybridized carbons (Fsp3) is 0.533. The van der Waals surface area contributed by atoms with E-state index in [1.165, 1.54) is 11.1 Å². The van der Waals surface area contributed by atoms with Crippen LogP contribution < -0.4 is 5.32 Å². The summed E-state index contributed by atoms with van der Waals surface area (Å²) in [5.74, 6) is -0.746. The second-order valence-corrected chi connectivity index (χ2v) is 5.33. The number of aryl methyl sites for hydroxylation is 2. The quantitative estimate of drug-likeness (QED) is 0.811. The number of carboxylic acids is 1. The highest BCUT2D eigenvalue weighted by Gasteiger charge is 2.26. The van der Waals surface area contributed by atoms with Crippen molar-refractivity contribution in [2.75, 3.05) is 11.9 Å². The number of nitrogens with one attached hydrogen (secondary N) is 1. The minimum atomic E-state index is -0.746. The van der Waals surface area contributed by atoms with Gasteiger partial charge in [0.25, 0.3) is 0 Å². The van der Waals surface area contributed by atoms with Crippen molar-refractivity contribution in [1.82, 2.24) is 0 Å². The third kappa shape index (κ3) is 3.49. The zero-order valence-corrected chi connectivity index (χ0v) is 11.7. The Morgan fingerprint density at radius 3 is 2.61 bits per heavy atom. The minimum Gasteiger partial charge on any atom is -0.481 e. The molecule has 100 valence electrons. The predicted octanol–water partition coefficient (Wildman–Crippen LogP) is 3.47. The van der Waals surface area contributed by atoms with Crippen LogP contribution in [-0.2, 0) is 11.2 Å². The van der Waals surface area contributed by atoms with E-state index in [9.17, 15) is 4.79 Å². The Labute approximate surface area is 109 Å². The van der Waals surface area contributed by atoms with Gasteiger partial charge >= 0.3 is 5.97 Å². The van der Waals surface area contributed by atoms with Crippen LogP contribution in [0, 0.1) is 12.3 Å². The van der Waals surface area contributed by atoms with E-state index in [-0.39, 0.29) is 0 Å². The molecule has 0 radical (unpaired) electrons. The van der Waals surface area contributed by atoms with E-state index in [0.29, 0.717) is 13.0 Å². The molecule has 0 aliphatic heterocycles. The minimum absolute atomic E-state index is 0.611. The number of carbonyl (C=O) groups is 1. The number of hydrogen-bond acceptors (Lipinski definition) is 2. The summed E-state index contributed by atoms with van der Waals surface area (Å²) in [6, 6.07) is 6.24. The number of hydrogen-bond donors (Lipinski definition) is 2. The summed E-state index contributed by atoms with van der Waals surface area (Å²) in [6.07, 6.45) is 1.59. The monoisotopic (exact) mass is 249 g/mol. The lowest BCUT2D eigenvalue weighted by Gasteiger charge is -2.21. The van der Waals surface area contributed by atoms with Crippen LogP contribution in [0.1, 0.15) is 38.3 Å². The van der Waals surface area contributed by atoms with Gasteiger partial charge in [-0.1, -0.05) is 25.1 Å². The maximum Gasteiger partial charge on any atom is 0.309 e. The van der Waals surface area contributed by atoms with Crippen molar-refractivity contribution in [2.45, 2.75) is 40.5 Å². The van der Waals surface area contributed by atoms with Gasteiger partial charge in [-0.15, -0.1) is 0 Å². The second kappa shape index (κ2) is 5.89. The van der Waals surface area contributed by atoms with Crippen molar-refractivity contribution in [3.63, 3.8) is 0 Å². The van der Waals surface area contributed by atoms with E-state index in [2.05, 4.69) is 37.4 Å². The summed E-state index contributed by atoms with van der Waals surface area (Å²) >= 11 is 0. The number of aliphatic carboxylic acids is 1. The lowest BCUT2D eigenvalue weighted by Crippen LogP contribution is -2.26. The smallest absolute Gasteiger partial charge is 0.309 e. The van der Waals surface area contributed by atoms with E-state index in [0.717, 1.165) is 12.1 Å². The Bertz CT molecular complexity index is 425. The molecule has 0 atom stereocenters. The van der Waals surface area contributed by atoms with Crippen molar-refractivity contribution in [2.24, 2.45) is 5.41 Å². The summed E-state index contributed by atoms with van der Waals surface area (Å²) in [6.45, 7) is 8.40.